The molecular weight excluding hydrogens is 388 g/mol. The number of carbonyl (C=O) groups excluding carboxylic acids is 1. The third-order valence-electron chi connectivity index (χ3n) is 4.12. The Morgan fingerprint density at radius 2 is 1.55 bits per heavy atom. The zero-order valence-corrected chi connectivity index (χ0v) is 17.1. The van der Waals surface area contributed by atoms with Gasteiger partial charge in [-0.25, -0.2) is 4.79 Å². The molecule has 0 aliphatic rings. The molecule has 0 fully saturated rings. The fourth-order valence-corrected chi connectivity index (χ4v) is 2.79. The highest BCUT2D eigenvalue weighted by Crippen LogP contribution is 2.30. The Balaban J connectivity index is 1.80. The highest BCUT2D eigenvalue weighted by atomic mass is 35.5. The quantitative estimate of drug-likeness (QED) is 0.445. The Labute approximate surface area is 174 Å². The van der Waals surface area contributed by atoms with Crippen LogP contribution in [-0.4, -0.2) is 13.1 Å². The molecule has 3 aromatic rings. The molecule has 148 valence electrons. The summed E-state index contributed by atoms with van der Waals surface area (Å²) in [4.78, 5) is 12.5. The summed E-state index contributed by atoms with van der Waals surface area (Å²) in [5.41, 5.74) is 4.41. The Kier molecular flexibility index (Phi) is 6.46. The lowest BCUT2D eigenvalue weighted by atomic mass is 10.2. The molecule has 3 rings (SSSR count). The molecule has 0 unspecified atom stereocenters. The van der Waals surface area contributed by atoms with Gasteiger partial charge in [0.05, 0.1) is 24.2 Å². The Hall–Kier alpha value is -3.38. The lowest BCUT2D eigenvalue weighted by Crippen LogP contribution is -2.20. The minimum absolute atomic E-state index is 0.442. The number of azo groups is 1. The summed E-state index contributed by atoms with van der Waals surface area (Å²) in [7, 11) is 1.52. The van der Waals surface area contributed by atoms with Gasteiger partial charge >= 0.3 is 6.03 Å². The molecule has 6 nitrogen and oxygen atoms in total. The molecule has 0 aliphatic heterocycles. The number of nitrogens with zero attached hydrogens (tertiary/aromatic N) is 2. The average Bonchev–Trinajstić information content (AvgIpc) is 2.69. The largest absolute Gasteiger partial charge is 0.495 e. The first-order valence-electron chi connectivity index (χ1n) is 8.95. The predicted octanol–water partition coefficient (Wildman–Crippen LogP) is 7.02. The SMILES string of the molecule is COc1ccc(Cl)cc1NC(=O)Nc1cc(C)ccc1N=Nc1ccc(C)cc1. The molecule has 0 atom stereocenters. The van der Waals surface area contributed by atoms with Crippen molar-refractivity contribution in [3.8, 4) is 5.75 Å². The molecular formula is C22H21ClN4O2. The van der Waals surface area contributed by atoms with Crippen molar-refractivity contribution in [2.45, 2.75) is 13.8 Å². The molecule has 2 amide bonds. The van der Waals surface area contributed by atoms with E-state index in [1.807, 2.05) is 56.3 Å². The lowest BCUT2D eigenvalue weighted by molar-refractivity contribution is 0.262. The number of rotatable bonds is 5. The Morgan fingerprint density at radius 3 is 2.28 bits per heavy atom. The standard InChI is InChI=1S/C22H21ClN4O2/c1-14-4-8-17(9-5-14)26-27-18-10-6-15(2)12-19(18)24-22(28)25-20-13-16(23)7-11-21(20)29-3/h4-13H,1-3H3,(H2,24,25,28). The number of carbonyl (C=O) groups is 1. The number of halogens is 1. The van der Waals surface area contributed by atoms with Gasteiger partial charge in [-0.15, -0.1) is 5.11 Å². The first-order chi connectivity index (χ1) is 13.9. The van der Waals surface area contributed by atoms with Gasteiger partial charge in [-0.1, -0.05) is 35.4 Å². The van der Waals surface area contributed by atoms with Crippen molar-refractivity contribution in [1.29, 1.82) is 0 Å². The zero-order chi connectivity index (χ0) is 20.8. The number of ether oxygens (including phenoxy) is 1. The number of methoxy groups -OCH3 is 1. The molecule has 3 aromatic carbocycles. The number of urea groups is 1. The van der Waals surface area contributed by atoms with E-state index in [1.165, 1.54) is 7.11 Å². The van der Waals surface area contributed by atoms with E-state index in [9.17, 15) is 4.79 Å². The number of amides is 2. The minimum Gasteiger partial charge on any atom is -0.495 e. The smallest absolute Gasteiger partial charge is 0.323 e. The molecule has 0 aromatic heterocycles. The van der Waals surface area contributed by atoms with Gasteiger partial charge in [0.25, 0.3) is 0 Å². The van der Waals surface area contributed by atoms with Crippen LogP contribution >= 0.6 is 11.6 Å². The monoisotopic (exact) mass is 408 g/mol. The van der Waals surface area contributed by atoms with E-state index in [0.717, 1.165) is 16.8 Å². The van der Waals surface area contributed by atoms with E-state index in [1.54, 1.807) is 18.2 Å². The van der Waals surface area contributed by atoms with Crippen LogP contribution < -0.4 is 15.4 Å². The second-order valence-electron chi connectivity index (χ2n) is 6.48. The van der Waals surface area contributed by atoms with Gasteiger partial charge in [0.1, 0.15) is 11.4 Å². The zero-order valence-electron chi connectivity index (χ0n) is 16.4. The highest BCUT2D eigenvalue weighted by Gasteiger charge is 2.11. The van der Waals surface area contributed by atoms with Gasteiger partial charge in [0.2, 0.25) is 0 Å². The van der Waals surface area contributed by atoms with Gasteiger partial charge in [-0.3, -0.25) is 0 Å². The first-order valence-corrected chi connectivity index (χ1v) is 9.33. The molecule has 0 bridgehead atoms. The van der Waals surface area contributed by atoms with Gasteiger partial charge in [0, 0.05) is 5.02 Å². The average molecular weight is 409 g/mol. The van der Waals surface area contributed by atoms with Crippen LogP contribution in [-0.2, 0) is 0 Å². The summed E-state index contributed by atoms with van der Waals surface area (Å²) >= 11 is 6.02. The number of hydrogen-bond acceptors (Lipinski definition) is 4. The van der Waals surface area contributed by atoms with Crippen molar-refractivity contribution in [1.82, 2.24) is 0 Å². The number of benzene rings is 3. The summed E-state index contributed by atoms with van der Waals surface area (Å²) in [6.07, 6.45) is 0. The predicted molar refractivity (Wildman–Crippen MR) is 117 cm³/mol. The van der Waals surface area contributed by atoms with Crippen molar-refractivity contribution < 1.29 is 9.53 Å². The maximum atomic E-state index is 12.5. The molecule has 0 heterocycles. The van der Waals surface area contributed by atoms with Crippen LogP contribution in [0.15, 0.2) is 70.9 Å². The topological polar surface area (TPSA) is 75.1 Å². The summed E-state index contributed by atoms with van der Waals surface area (Å²) in [5, 5.41) is 14.6. The van der Waals surface area contributed by atoms with Crippen LogP contribution in [0.5, 0.6) is 5.75 Å². The summed E-state index contributed by atoms with van der Waals surface area (Å²) < 4.78 is 5.26. The van der Waals surface area contributed by atoms with Crippen LogP contribution in [0.1, 0.15) is 11.1 Å². The van der Waals surface area contributed by atoms with Crippen LogP contribution in [0.2, 0.25) is 5.02 Å². The van der Waals surface area contributed by atoms with E-state index in [4.69, 9.17) is 16.3 Å². The lowest BCUT2D eigenvalue weighted by Gasteiger charge is -2.13. The number of anilines is 2. The third-order valence-corrected chi connectivity index (χ3v) is 4.35. The molecule has 0 radical (unpaired) electrons. The number of hydrogen-bond donors (Lipinski definition) is 2. The maximum absolute atomic E-state index is 12.5. The van der Waals surface area contributed by atoms with Crippen LogP contribution in [0.4, 0.5) is 27.5 Å². The maximum Gasteiger partial charge on any atom is 0.323 e. The normalized spacial score (nSPS) is 10.8. The third kappa shape index (κ3) is 5.56. The van der Waals surface area contributed by atoms with Crippen molar-refractivity contribution in [2.24, 2.45) is 10.2 Å². The summed E-state index contributed by atoms with van der Waals surface area (Å²) in [6.45, 7) is 3.94. The number of aryl methyl sites for hydroxylation is 2. The van der Waals surface area contributed by atoms with Gasteiger partial charge in [-0.05, 0) is 61.9 Å². The second kappa shape index (κ2) is 9.21. The Bertz CT molecular complexity index is 1050. The number of nitrogens with one attached hydrogen (secondary N) is 2. The first kappa shape index (κ1) is 20.4. The summed E-state index contributed by atoms with van der Waals surface area (Å²) in [5.74, 6) is 0.507. The molecule has 2 N–H and O–H groups in total. The van der Waals surface area contributed by atoms with Gasteiger partial charge in [0.15, 0.2) is 0 Å². The van der Waals surface area contributed by atoms with E-state index in [-0.39, 0.29) is 0 Å². The molecule has 0 saturated carbocycles. The fourth-order valence-electron chi connectivity index (χ4n) is 2.61. The fraction of sp³-hybridized carbons (Fsp3) is 0.136. The molecule has 0 saturated heterocycles. The van der Waals surface area contributed by atoms with Gasteiger partial charge in [-0.2, -0.15) is 5.11 Å². The molecule has 29 heavy (non-hydrogen) atoms. The van der Waals surface area contributed by atoms with Crippen molar-refractivity contribution >= 4 is 40.4 Å². The van der Waals surface area contributed by atoms with Crippen LogP contribution in [0.25, 0.3) is 0 Å². The molecule has 0 aliphatic carbocycles. The van der Waals surface area contributed by atoms with Gasteiger partial charge < -0.3 is 15.4 Å². The van der Waals surface area contributed by atoms with E-state index in [2.05, 4.69) is 20.9 Å². The molecule has 0 spiro atoms. The second-order valence-corrected chi connectivity index (χ2v) is 6.92. The highest BCUT2D eigenvalue weighted by molar-refractivity contribution is 6.31. The van der Waals surface area contributed by atoms with Crippen molar-refractivity contribution in [2.75, 3.05) is 17.7 Å². The minimum atomic E-state index is -0.442. The van der Waals surface area contributed by atoms with E-state index < -0.39 is 6.03 Å². The summed E-state index contributed by atoms with van der Waals surface area (Å²) in [6, 6.07) is 17.8. The van der Waals surface area contributed by atoms with Crippen LogP contribution in [0.3, 0.4) is 0 Å². The Morgan fingerprint density at radius 1 is 0.862 bits per heavy atom. The van der Waals surface area contributed by atoms with Crippen molar-refractivity contribution in [3.05, 3.63) is 76.8 Å². The van der Waals surface area contributed by atoms with Crippen molar-refractivity contribution in [3.63, 3.8) is 0 Å². The molecule has 7 heteroatoms. The van der Waals surface area contributed by atoms with Crippen LogP contribution in [0, 0.1) is 13.8 Å². The van der Waals surface area contributed by atoms with E-state index >= 15 is 0 Å². The van der Waals surface area contributed by atoms with E-state index in [0.29, 0.717) is 27.8 Å².